The first-order valence-corrected chi connectivity index (χ1v) is 10.2. The van der Waals surface area contributed by atoms with E-state index in [1.807, 2.05) is 13.1 Å². The van der Waals surface area contributed by atoms with Crippen LogP contribution in [0.15, 0.2) is 6.20 Å². The minimum absolute atomic E-state index is 0.248. The van der Waals surface area contributed by atoms with E-state index in [1.165, 1.54) is 0 Å². The van der Waals surface area contributed by atoms with E-state index in [9.17, 15) is 15.0 Å². The predicted octanol–water partition coefficient (Wildman–Crippen LogP) is -0.615. The molecule has 1 unspecified atom stereocenters. The number of hydrogen-bond acceptors (Lipinski definition) is 9. The highest BCUT2D eigenvalue weighted by molar-refractivity contribution is 5.81. The summed E-state index contributed by atoms with van der Waals surface area (Å²) in [6, 6.07) is 0. The zero-order valence-corrected chi connectivity index (χ0v) is 18.2. The van der Waals surface area contributed by atoms with Crippen LogP contribution in [0.5, 0.6) is 0 Å². The average molecular weight is 431 g/mol. The van der Waals surface area contributed by atoms with Crippen LogP contribution in [-0.4, -0.2) is 93.8 Å². The number of nitrogens with one attached hydrogen (secondary N) is 1. The van der Waals surface area contributed by atoms with Crippen molar-refractivity contribution >= 4 is 5.91 Å². The van der Waals surface area contributed by atoms with Crippen molar-refractivity contribution in [2.45, 2.75) is 84.1 Å². The Balaban J connectivity index is 1.84. The molecule has 1 aliphatic heterocycles. The minimum atomic E-state index is -1.33. The maximum absolute atomic E-state index is 12.7. The molecule has 1 fully saturated rings. The second kappa shape index (κ2) is 11.7. The van der Waals surface area contributed by atoms with Gasteiger partial charge in [-0.1, -0.05) is 5.21 Å². The lowest BCUT2D eigenvalue weighted by Crippen LogP contribution is -2.63. The van der Waals surface area contributed by atoms with Gasteiger partial charge in [-0.05, 0) is 34.6 Å². The van der Waals surface area contributed by atoms with Crippen LogP contribution in [-0.2, 0) is 30.3 Å². The average Bonchev–Trinajstić information content (AvgIpc) is 3.08. The molecule has 11 heteroatoms. The summed E-state index contributed by atoms with van der Waals surface area (Å²) in [5.74, 6) is -0.473. The molecule has 0 aromatic carbocycles. The lowest BCUT2D eigenvalue weighted by molar-refractivity contribution is -0.307. The first-order chi connectivity index (χ1) is 14.2. The van der Waals surface area contributed by atoms with Crippen molar-refractivity contribution in [2.24, 2.45) is 0 Å². The number of carbonyl (C=O) groups is 1. The molecule has 2 rings (SSSR count). The molecule has 3 N–H and O–H groups in total. The maximum Gasteiger partial charge on any atom is 0.252 e. The molecule has 1 aromatic rings. The van der Waals surface area contributed by atoms with Gasteiger partial charge in [-0.2, -0.15) is 0 Å². The number of aromatic nitrogens is 3. The smallest absolute Gasteiger partial charge is 0.252 e. The van der Waals surface area contributed by atoms with Gasteiger partial charge in [0.1, 0.15) is 18.3 Å². The summed E-state index contributed by atoms with van der Waals surface area (Å²) < 4.78 is 24.0. The van der Waals surface area contributed by atoms with Gasteiger partial charge in [-0.15, -0.1) is 5.10 Å². The van der Waals surface area contributed by atoms with Crippen LogP contribution in [0.2, 0.25) is 0 Å². The van der Waals surface area contributed by atoms with Crippen molar-refractivity contribution in [3.63, 3.8) is 0 Å². The molecule has 0 spiro atoms. The summed E-state index contributed by atoms with van der Waals surface area (Å²) in [6.45, 7) is 10.5. The first-order valence-electron chi connectivity index (χ1n) is 10.2. The van der Waals surface area contributed by atoms with Gasteiger partial charge in [0, 0.05) is 12.7 Å². The third kappa shape index (κ3) is 7.25. The van der Waals surface area contributed by atoms with Gasteiger partial charge in [0.15, 0.2) is 12.4 Å². The minimum Gasteiger partial charge on any atom is -0.387 e. The van der Waals surface area contributed by atoms with Gasteiger partial charge < -0.3 is 34.5 Å². The van der Waals surface area contributed by atoms with E-state index in [0.29, 0.717) is 19.8 Å². The summed E-state index contributed by atoms with van der Waals surface area (Å²) in [7, 11) is 0. The van der Waals surface area contributed by atoms with Crippen molar-refractivity contribution in [2.75, 3.05) is 19.8 Å². The van der Waals surface area contributed by atoms with E-state index >= 15 is 0 Å². The van der Waals surface area contributed by atoms with Crippen molar-refractivity contribution in [1.29, 1.82) is 0 Å². The fourth-order valence-corrected chi connectivity index (χ4v) is 3.01. The Hall–Kier alpha value is -1.63. The number of carbonyl (C=O) groups excluding carboxylic acids is 1. The Morgan fingerprint density at radius 1 is 1.20 bits per heavy atom. The van der Waals surface area contributed by atoms with Crippen LogP contribution >= 0.6 is 0 Å². The van der Waals surface area contributed by atoms with Crippen molar-refractivity contribution < 1.29 is 34.0 Å². The van der Waals surface area contributed by atoms with Crippen LogP contribution in [0, 0.1) is 6.92 Å². The highest BCUT2D eigenvalue weighted by Crippen LogP contribution is 2.26. The van der Waals surface area contributed by atoms with E-state index in [4.69, 9.17) is 18.9 Å². The van der Waals surface area contributed by atoms with Gasteiger partial charge in [0.2, 0.25) is 0 Å². The third-order valence-electron chi connectivity index (χ3n) is 4.30. The van der Waals surface area contributed by atoms with E-state index in [-0.39, 0.29) is 18.8 Å². The number of hydrogen-bond donors (Lipinski definition) is 3. The van der Waals surface area contributed by atoms with E-state index < -0.39 is 36.6 Å². The van der Waals surface area contributed by atoms with Crippen LogP contribution in [0.4, 0.5) is 0 Å². The second-order valence-corrected chi connectivity index (χ2v) is 7.77. The summed E-state index contributed by atoms with van der Waals surface area (Å²) >= 11 is 0. The molecule has 1 amide bonds. The van der Waals surface area contributed by atoms with Gasteiger partial charge in [-0.3, -0.25) is 4.79 Å². The molecule has 1 aromatic heterocycles. The number of aryl methyl sites for hydroxylation is 1. The number of aliphatic hydroxyl groups excluding tert-OH is 2. The van der Waals surface area contributed by atoms with Crippen molar-refractivity contribution in [1.82, 2.24) is 20.3 Å². The fourth-order valence-electron chi connectivity index (χ4n) is 3.01. The highest BCUT2D eigenvalue weighted by Gasteiger charge is 2.49. The Morgan fingerprint density at radius 2 is 1.90 bits per heavy atom. The van der Waals surface area contributed by atoms with Gasteiger partial charge in [-0.25, -0.2) is 4.68 Å². The molecule has 11 nitrogen and oxygen atoms in total. The summed E-state index contributed by atoms with van der Waals surface area (Å²) in [5.41, 5.74) is 0.833. The Kier molecular flexibility index (Phi) is 9.59. The topological polar surface area (TPSA) is 137 Å². The standard InChI is InChI=1S/C19H34N4O7/c1-11(2)28-16-14(24)15(25)19(29-12(3)4)30-17(16)18(26)20-6-8-27-9-7-23-10-13(5)21-22-23/h10-12,14-17,19,24-25H,6-9H2,1-5H3,(H,20,26)/t14-,15+,16+,17?,19-/m1/s1. The van der Waals surface area contributed by atoms with Gasteiger partial charge in [0.25, 0.3) is 5.91 Å². The molecule has 1 aliphatic rings. The lowest BCUT2D eigenvalue weighted by Gasteiger charge is -2.42. The van der Waals surface area contributed by atoms with Crippen LogP contribution in [0.3, 0.4) is 0 Å². The zero-order valence-electron chi connectivity index (χ0n) is 18.2. The summed E-state index contributed by atoms with van der Waals surface area (Å²) in [5, 5.41) is 31.3. The Labute approximate surface area is 176 Å². The molecule has 0 saturated carbocycles. The molecule has 1 saturated heterocycles. The quantitative estimate of drug-likeness (QED) is 0.392. The molecular weight excluding hydrogens is 396 g/mol. The molecule has 5 atom stereocenters. The first kappa shape index (κ1) is 24.6. The van der Waals surface area contributed by atoms with Gasteiger partial charge >= 0.3 is 0 Å². The monoisotopic (exact) mass is 430 g/mol. The number of rotatable bonds is 11. The number of amides is 1. The number of ether oxygens (including phenoxy) is 4. The second-order valence-electron chi connectivity index (χ2n) is 7.77. The maximum atomic E-state index is 12.7. The van der Waals surface area contributed by atoms with Gasteiger partial charge in [0.05, 0.1) is 37.7 Å². The van der Waals surface area contributed by atoms with Crippen LogP contribution < -0.4 is 5.32 Å². The Morgan fingerprint density at radius 3 is 2.50 bits per heavy atom. The molecular formula is C19H34N4O7. The van der Waals surface area contributed by atoms with Crippen molar-refractivity contribution in [3.05, 3.63) is 11.9 Å². The molecule has 0 bridgehead atoms. The highest BCUT2D eigenvalue weighted by atomic mass is 16.7. The number of nitrogens with zero attached hydrogens (tertiary/aromatic N) is 3. The van der Waals surface area contributed by atoms with E-state index in [1.54, 1.807) is 32.4 Å². The predicted molar refractivity (Wildman–Crippen MR) is 105 cm³/mol. The fraction of sp³-hybridized carbons (Fsp3) is 0.842. The molecule has 2 heterocycles. The molecule has 0 aliphatic carbocycles. The lowest BCUT2D eigenvalue weighted by atomic mass is 9.97. The van der Waals surface area contributed by atoms with Crippen LogP contribution in [0.1, 0.15) is 33.4 Å². The largest absolute Gasteiger partial charge is 0.387 e. The van der Waals surface area contributed by atoms with Crippen molar-refractivity contribution in [3.8, 4) is 0 Å². The molecule has 0 radical (unpaired) electrons. The normalized spacial score (nSPS) is 27.0. The van der Waals surface area contributed by atoms with Crippen LogP contribution in [0.25, 0.3) is 0 Å². The summed E-state index contributed by atoms with van der Waals surface area (Å²) in [4.78, 5) is 12.7. The SMILES string of the molecule is Cc1cn(CCOCCNC(=O)C2O[C@@H](OC(C)C)[C@@H](O)[C@@H](O)[C@@H]2OC(C)C)nn1. The third-order valence-corrected chi connectivity index (χ3v) is 4.30. The summed E-state index contributed by atoms with van der Waals surface area (Å²) in [6.07, 6.45) is -4.67. The molecule has 172 valence electrons. The Bertz CT molecular complexity index is 655. The molecule has 30 heavy (non-hydrogen) atoms. The number of aliphatic hydroxyl groups is 2. The van der Waals surface area contributed by atoms with E-state index in [0.717, 1.165) is 5.69 Å². The van der Waals surface area contributed by atoms with E-state index in [2.05, 4.69) is 15.6 Å². The zero-order chi connectivity index (χ0) is 22.3.